The molecule has 0 unspecified atom stereocenters. The average molecular weight is 622 g/mol. The number of fused-ring (bicyclic) bond motifs is 1. The summed E-state index contributed by atoms with van der Waals surface area (Å²) >= 11 is 2.41. The van der Waals surface area contributed by atoms with Crippen molar-refractivity contribution in [1.29, 1.82) is 0 Å². The lowest BCUT2D eigenvalue weighted by atomic mass is 10.1. The zero-order valence-corrected chi connectivity index (χ0v) is 23.3. The van der Waals surface area contributed by atoms with E-state index in [-0.39, 0.29) is 25.0 Å². The van der Waals surface area contributed by atoms with Crippen LogP contribution in [0.1, 0.15) is 46.4 Å². The van der Waals surface area contributed by atoms with E-state index in [1.165, 1.54) is 28.6 Å². The number of rotatable bonds is 24. The highest BCUT2D eigenvalue weighted by Crippen LogP contribution is 2.21. The van der Waals surface area contributed by atoms with E-state index < -0.39 is 0 Å². The van der Waals surface area contributed by atoms with Gasteiger partial charge in [0.25, 0.3) is 11.8 Å². The molecular weight excluding hydrogens is 581 g/mol. The van der Waals surface area contributed by atoms with Gasteiger partial charge >= 0.3 is 0 Å². The highest BCUT2D eigenvalue weighted by Gasteiger charge is 2.34. The fourth-order valence-electron chi connectivity index (χ4n) is 3.45. The maximum Gasteiger partial charge on any atom is 0.261 e. The number of nitrogens with zero attached hydrogens (tertiary/aromatic N) is 1. The highest BCUT2D eigenvalue weighted by atomic mass is 127. The van der Waals surface area contributed by atoms with Crippen molar-refractivity contribution in [2.75, 3.05) is 90.3 Å². The Morgan fingerprint density at radius 2 is 0.917 bits per heavy atom. The van der Waals surface area contributed by atoms with Gasteiger partial charge in [-0.05, 0) is 29.4 Å². The third kappa shape index (κ3) is 12.9. The first-order valence-electron chi connectivity index (χ1n) is 12.7. The van der Waals surface area contributed by atoms with Gasteiger partial charge in [-0.3, -0.25) is 14.5 Å². The molecule has 0 N–H and O–H groups in total. The van der Waals surface area contributed by atoms with Crippen molar-refractivity contribution in [3.63, 3.8) is 0 Å². The van der Waals surface area contributed by atoms with Crippen LogP contribution in [-0.2, 0) is 28.4 Å². The molecule has 1 aliphatic heterocycles. The Labute approximate surface area is 228 Å². The summed E-state index contributed by atoms with van der Waals surface area (Å²) in [5, 5.41) is 0. The zero-order valence-electron chi connectivity index (χ0n) is 21.1. The molecule has 0 fully saturated rings. The Kier molecular flexibility index (Phi) is 18.0. The number of ether oxygens (including phenoxy) is 6. The molecule has 2 rings (SSSR count). The summed E-state index contributed by atoms with van der Waals surface area (Å²) in [7, 11) is 0. The van der Waals surface area contributed by atoms with Gasteiger partial charge in [-0.25, -0.2) is 0 Å². The lowest BCUT2D eigenvalue weighted by molar-refractivity contribution is -0.0173. The summed E-state index contributed by atoms with van der Waals surface area (Å²) in [6.45, 7) is 6.39. The normalized spacial score (nSPS) is 13.1. The second kappa shape index (κ2) is 20.9. The monoisotopic (exact) mass is 621 g/mol. The molecule has 1 heterocycles. The molecule has 204 valence electrons. The van der Waals surface area contributed by atoms with Gasteiger partial charge in [0.2, 0.25) is 0 Å². The van der Waals surface area contributed by atoms with Crippen LogP contribution in [0.3, 0.4) is 0 Å². The van der Waals surface area contributed by atoms with Crippen LogP contribution < -0.4 is 0 Å². The second-order valence-electron chi connectivity index (χ2n) is 8.08. The third-order valence-electron chi connectivity index (χ3n) is 5.37. The van der Waals surface area contributed by atoms with Crippen LogP contribution in [0, 0.1) is 0 Å². The van der Waals surface area contributed by atoms with Gasteiger partial charge in [-0.1, -0.05) is 47.6 Å². The third-order valence-corrected chi connectivity index (χ3v) is 6.13. The van der Waals surface area contributed by atoms with Crippen LogP contribution in [0.4, 0.5) is 0 Å². The van der Waals surface area contributed by atoms with E-state index in [1.807, 2.05) is 0 Å². The van der Waals surface area contributed by atoms with Crippen LogP contribution in [0.25, 0.3) is 0 Å². The quantitative estimate of drug-likeness (QED) is 0.0752. The Hall–Kier alpha value is -1.15. The van der Waals surface area contributed by atoms with Crippen LogP contribution in [0.2, 0.25) is 0 Å². The topological polar surface area (TPSA) is 92.8 Å². The minimum Gasteiger partial charge on any atom is -0.379 e. The molecule has 0 saturated heterocycles. The predicted octanol–water partition coefficient (Wildman–Crippen LogP) is 3.38. The standard InChI is InChI=1S/C26H40INO8/c27-9-5-1-2-6-11-31-13-15-33-17-19-35-21-22-36-20-18-34-16-14-32-12-10-28-25(29)23-7-3-4-8-24(23)26(28)30/h3-4,7-8H,1-2,5-6,9-22H2. The smallest absolute Gasteiger partial charge is 0.261 e. The summed E-state index contributed by atoms with van der Waals surface area (Å²) < 4.78 is 34.1. The first-order valence-corrected chi connectivity index (χ1v) is 14.3. The van der Waals surface area contributed by atoms with Gasteiger partial charge in [0, 0.05) is 6.61 Å². The number of unbranched alkanes of at least 4 members (excludes halogenated alkanes) is 3. The number of imide groups is 1. The SMILES string of the molecule is O=C1c2ccccc2C(=O)N1CCOCCOCCOCCOCCOCCOCCCCCCI. The van der Waals surface area contributed by atoms with Gasteiger partial charge in [0.05, 0.1) is 90.3 Å². The molecule has 0 aliphatic carbocycles. The minimum absolute atomic E-state index is 0.229. The molecule has 1 aliphatic rings. The molecule has 1 aromatic rings. The van der Waals surface area contributed by atoms with Crippen LogP contribution in [0.5, 0.6) is 0 Å². The minimum atomic E-state index is -0.266. The number of hydrogen-bond acceptors (Lipinski definition) is 8. The average Bonchev–Trinajstić information content (AvgIpc) is 3.14. The second-order valence-corrected chi connectivity index (χ2v) is 9.16. The van der Waals surface area contributed by atoms with Crippen LogP contribution >= 0.6 is 22.6 Å². The van der Waals surface area contributed by atoms with Crippen molar-refractivity contribution < 1.29 is 38.0 Å². The van der Waals surface area contributed by atoms with Crippen molar-refractivity contribution in [2.45, 2.75) is 25.7 Å². The van der Waals surface area contributed by atoms with E-state index in [4.69, 9.17) is 28.4 Å². The van der Waals surface area contributed by atoms with Crippen molar-refractivity contribution in [2.24, 2.45) is 0 Å². The molecule has 0 bridgehead atoms. The Morgan fingerprint density at radius 3 is 1.36 bits per heavy atom. The molecule has 9 nitrogen and oxygen atoms in total. The zero-order chi connectivity index (χ0) is 25.7. The summed E-state index contributed by atoms with van der Waals surface area (Å²) in [5.74, 6) is -0.533. The number of hydrogen-bond donors (Lipinski definition) is 0. The van der Waals surface area contributed by atoms with E-state index in [0.717, 1.165) is 13.0 Å². The molecule has 0 spiro atoms. The molecule has 36 heavy (non-hydrogen) atoms. The summed E-state index contributed by atoms with van der Waals surface area (Å²) in [6.07, 6.45) is 4.95. The van der Waals surface area contributed by atoms with Gasteiger partial charge in [-0.2, -0.15) is 0 Å². The number of amides is 2. The maximum atomic E-state index is 12.3. The number of benzene rings is 1. The van der Waals surface area contributed by atoms with Gasteiger partial charge in [0.15, 0.2) is 0 Å². The molecule has 2 amide bonds. The van der Waals surface area contributed by atoms with Crippen LogP contribution in [-0.4, -0.2) is 107 Å². The maximum absolute atomic E-state index is 12.3. The lowest BCUT2D eigenvalue weighted by Crippen LogP contribution is -2.33. The van der Waals surface area contributed by atoms with E-state index in [2.05, 4.69) is 22.6 Å². The van der Waals surface area contributed by atoms with Crippen molar-refractivity contribution >= 4 is 34.4 Å². The number of carbonyl (C=O) groups excluding carboxylic acids is 2. The van der Waals surface area contributed by atoms with Gasteiger partial charge in [0.1, 0.15) is 0 Å². The number of halogens is 1. The van der Waals surface area contributed by atoms with E-state index >= 15 is 0 Å². The van der Waals surface area contributed by atoms with Crippen molar-refractivity contribution in [1.82, 2.24) is 4.90 Å². The predicted molar refractivity (Wildman–Crippen MR) is 144 cm³/mol. The van der Waals surface area contributed by atoms with Crippen LogP contribution in [0.15, 0.2) is 24.3 Å². The summed E-state index contributed by atoms with van der Waals surface area (Å²) in [6, 6.07) is 6.84. The molecule has 0 atom stereocenters. The number of carbonyl (C=O) groups is 2. The summed E-state index contributed by atoms with van der Waals surface area (Å²) in [4.78, 5) is 25.7. The molecule has 0 saturated carbocycles. The Morgan fingerprint density at radius 1 is 0.528 bits per heavy atom. The van der Waals surface area contributed by atoms with Gasteiger partial charge in [-0.15, -0.1) is 0 Å². The van der Waals surface area contributed by atoms with Crippen molar-refractivity contribution in [3.05, 3.63) is 35.4 Å². The largest absolute Gasteiger partial charge is 0.379 e. The van der Waals surface area contributed by atoms with Gasteiger partial charge < -0.3 is 28.4 Å². The first kappa shape index (κ1) is 31.1. The van der Waals surface area contributed by atoms with E-state index in [0.29, 0.717) is 77.2 Å². The number of alkyl halides is 1. The molecule has 10 heteroatoms. The molecular formula is C26H40INO8. The molecule has 1 aromatic carbocycles. The fraction of sp³-hybridized carbons (Fsp3) is 0.692. The summed E-state index contributed by atoms with van der Waals surface area (Å²) in [5.41, 5.74) is 0.905. The molecule has 0 radical (unpaired) electrons. The molecule has 0 aromatic heterocycles. The first-order chi connectivity index (χ1) is 17.8. The highest BCUT2D eigenvalue weighted by molar-refractivity contribution is 14.1. The lowest BCUT2D eigenvalue weighted by Gasteiger charge is -2.13. The Balaban J connectivity index is 1.26. The Bertz CT molecular complexity index is 701. The fourth-order valence-corrected chi connectivity index (χ4v) is 3.99. The van der Waals surface area contributed by atoms with E-state index in [1.54, 1.807) is 24.3 Å². The van der Waals surface area contributed by atoms with Crippen molar-refractivity contribution in [3.8, 4) is 0 Å². The van der Waals surface area contributed by atoms with E-state index in [9.17, 15) is 9.59 Å².